The summed E-state index contributed by atoms with van der Waals surface area (Å²) >= 11 is 1.37. The Morgan fingerprint density at radius 3 is 2.59 bits per heavy atom. The van der Waals surface area contributed by atoms with Crippen molar-refractivity contribution in [1.82, 2.24) is 14.3 Å². The molecule has 0 bridgehead atoms. The van der Waals surface area contributed by atoms with Gasteiger partial charge < -0.3 is 18.8 Å². The summed E-state index contributed by atoms with van der Waals surface area (Å²) in [5.74, 6) is 0.989. The lowest BCUT2D eigenvalue weighted by Crippen LogP contribution is -2.20. The summed E-state index contributed by atoms with van der Waals surface area (Å²) in [5, 5.41) is 4.13. The highest BCUT2D eigenvalue weighted by Gasteiger charge is 2.17. The summed E-state index contributed by atoms with van der Waals surface area (Å²) in [6.45, 7) is 3.58. The number of hydrogen-bond acceptors (Lipinski definition) is 6. The first-order chi connectivity index (χ1) is 13.1. The molecule has 0 aliphatic rings. The number of rotatable bonds is 7. The molecule has 0 radical (unpaired) electrons. The van der Waals surface area contributed by atoms with Crippen LogP contribution in [0.25, 0.3) is 10.2 Å². The molecular formula is C18H22N4O4S. The number of ether oxygens (including phenoxy) is 3. The molecule has 0 atom stereocenters. The van der Waals surface area contributed by atoms with Gasteiger partial charge in [0.05, 0.1) is 20.8 Å². The molecule has 0 saturated carbocycles. The second-order valence-electron chi connectivity index (χ2n) is 5.67. The van der Waals surface area contributed by atoms with Crippen LogP contribution in [0.3, 0.4) is 0 Å². The van der Waals surface area contributed by atoms with Gasteiger partial charge in [0.1, 0.15) is 21.7 Å². The molecule has 1 aromatic carbocycles. The second kappa shape index (κ2) is 8.36. The van der Waals surface area contributed by atoms with Crippen LogP contribution in [0.1, 0.15) is 17.4 Å². The topological polar surface area (TPSA) is 79.9 Å². The van der Waals surface area contributed by atoms with Crippen molar-refractivity contribution >= 4 is 27.5 Å². The van der Waals surface area contributed by atoms with Crippen LogP contribution in [0.15, 0.2) is 29.4 Å². The number of amides is 1. The summed E-state index contributed by atoms with van der Waals surface area (Å²) in [6, 6.07) is 5.33. The van der Waals surface area contributed by atoms with E-state index in [2.05, 4.69) is 10.1 Å². The lowest BCUT2D eigenvalue weighted by Gasteiger charge is -2.10. The van der Waals surface area contributed by atoms with Crippen molar-refractivity contribution in [2.45, 2.75) is 13.5 Å². The van der Waals surface area contributed by atoms with Crippen LogP contribution in [-0.2, 0) is 18.3 Å². The zero-order valence-electron chi connectivity index (χ0n) is 15.8. The Balaban J connectivity index is 2.19. The van der Waals surface area contributed by atoms with E-state index >= 15 is 0 Å². The van der Waals surface area contributed by atoms with Crippen LogP contribution < -0.4 is 14.3 Å². The zero-order chi connectivity index (χ0) is 19.4. The number of benzene rings is 1. The highest BCUT2D eigenvalue weighted by atomic mass is 32.1. The van der Waals surface area contributed by atoms with Gasteiger partial charge in [-0.25, -0.2) is 0 Å². The second-order valence-corrected chi connectivity index (χ2v) is 6.65. The van der Waals surface area contributed by atoms with Crippen molar-refractivity contribution < 1.29 is 19.0 Å². The fourth-order valence-electron chi connectivity index (χ4n) is 2.72. The summed E-state index contributed by atoms with van der Waals surface area (Å²) < 4.78 is 20.9. The molecule has 0 fully saturated rings. The molecular weight excluding hydrogens is 368 g/mol. The molecule has 8 nitrogen and oxygen atoms in total. The maximum Gasteiger partial charge on any atom is 0.300 e. The molecule has 2 heterocycles. The third-order valence-electron chi connectivity index (χ3n) is 3.99. The minimum atomic E-state index is -0.398. The van der Waals surface area contributed by atoms with Gasteiger partial charge in [0.15, 0.2) is 10.5 Å². The maximum atomic E-state index is 12.6. The van der Waals surface area contributed by atoms with Crippen molar-refractivity contribution in [3.63, 3.8) is 0 Å². The van der Waals surface area contributed by atoms with E-state index in [0.717, 1.165) is 10.2 Å². The molecule has 2 aromatic heterocycles. The third kappa shape index (κ3) is 3.88. The normalized spacial score (nSPS) is 11.9. The highest BCUT2D eigenvalue weighted by molar-refractivity contribution is 7.16. The van der Waals surface area contributed by atoms with Crippen molar-refractivity contribution in [3.8, 4) is 11.5 Å². The highest BCUT2D eigenvalue weighted by Crippen LogP contribution is 2.35. The Kier molecular flexibility index (Phi) is 5.92. The quantitative estimate of drug-likeness (QED) is 0.578. The molecule has 9 heteroatoms. The van der Waals surface area contributed by atoms with Crippen molar-refractivity contribution in [2.75, 3.05) is 27.4 Å². The SMILES string of the molecule is CCOCCn1c(=NC(=O)c2ccn(C)n2)sc2c(OC)ccc(OC)c21. The number of fused-ring (bicyclic) bond motifs is 1. The van der Waals surface area contributed by atoms with E-state index in [1.807, 2.05) is 23.6 Å². The first-order valence-corrected chi connectivity index (χ1v) is 9.31. The van der Waals surface area contributed by atoms with Gasteiger partial charge in [0.2, 0.25) is 0 Å². The predicted molar refractivity (Wildman–Crippen MR) is 103 cm³/mol. The Bertz CT molecular complexity index is 1020. The molecule has 0 spiro atoms. The van der Waals surface area contributed by atoms with Crippen LogP contribution in [0.5, 0.6) is 11.5 Å². The maximum absolute atomic E-state index is 12.6. The van der Waals surface area contributed by atoms with Gasteiger partial charge in [-0.2, -0.15) is 10.1 Å². The van der Waals surface area contributed by atoms with Crippen LogP contribution in [0.2, 0.25) is 0 Å². The molecule has 0 unspecified atom stereocenters. The number of hydrogen-bond donors (Lipinski definition) is 0. The molecule has 3 aromatic rings. The monoisotopic (exact) mass is 390 g/mol. The smallest absolute Gasteiger partial charge is 0.300 e. The number of methoxy groups -OCH3 is 2. The van der Waals surface area contributed by atoms with E-state index in [0.29, 0.717) is 41.8 Å². The first kappa shape index (κ1) is 19.1. The number of aryl methyl sites for hydroxylation is 1. The van der Waals surface area contributed by atoms with Crippen LogP contribution >= 0.6 is 11.3 Å². The summed E-state index contributed by atoms with van der Waals surface area (Å²) in [6.07, 6.45) is 1.71. The van der Waals surface area contributed by atoms with Gasteiger partial charge in [0.25, 0.3) is 5.91 Å². The number of carbonyl (C=O) groups is 1. The van der Waals surface area contributed by atoms with E-state index in [1.165, 1.54) is 11.3 Å². The molecule has 27 heavy (non-hydrogen) atoms. The summed E-state index contributed by atoms with van der Waals surface area (Å²) in [5.41, 5.74) is 1.12. The first-order valence-electron chi connectivity index (χ1n) is 8.49. The lowest BCUT2D eigenvalue weighted by atomic mass is 10.3. The van der Waals surface area contributed by atoms with E-state index in [1.54, 1.807) is 38.2 Å². The minimum absolute atomic E-state index is 0.297. The van der Waals surface area contributed by atoms with Crippen LogP contribution in [-0.4, -0.2) is 47.7 Å². The van der Waals surface area contributed by atoms with Gasteiger partial charge in [-0.3, -0.25) is 9.48 Å². The molecule has 3 rings (SSSR count). The fraction of sp³-hybridized carbons (Fsp3) is 0.389. The molecule has 0 N–H and O–H groups in total. The standard InChI is InChI=1S/C18H22N4O4S/c1-5-26-11-10-22-15-13(24-3)6-7-14(25-4)16(15)27-18(22)19-17(23)12-8-9-21(2)20-12/h6-9H,5,10-11H2,1-4H3. The molecule has 1 amide bonds. The number of aromatic nitrogens is 3. The zero-order valence-corrected chi connectivity index (χ0v) is 16.6. The average molecular weight is 390 g/mol. The van der Waals surface area contributed by atoms with Crippen LogP contribution in [0.4, 0.5) is 0 Å². The molecule has 144 valence electrons. The average Bonchev–Trinajstić information content (AvgIpc) is 3.25. The van der Waals surface area contributed by atoms with Gasteiger partial charge in [-0.1, -0.05) is 11.3 Å². The summed E-state index contributed by atoms with van der Waals surface area (Å²) in [7, 11) is 4.98. The van der Waals surface area contributed by atoms with Crippen LogP contribution in [0, 0.1) is 0 Å². The predicted octanol–water partition coefficient (Wildman–Crippen LogP) is 2.23. The molecule has 0 aliphatic heterocycles. The lowest BCUT2D eigenvalue weighted by molar-refractivity contribution is 0.0991. The van der Waals surface area contributed by atoms with Gasteiger partial charge >= 0.3 is 0 Å². The van der Waals surface area contributed by atoms with Gasteiger partial charge in [-0.05, 0) is 25.1 Å². The van der Waals surface area contributed by atoms with Gasteiger partial charge in [-0.15, -0.1) is 0 Å². The van der Waals surface area contributed by atoms with Crippen molar-refractivity contribution in [3.05, 3.63) is 34.9 Å². The number of thiazole rings is 1. The Labute approximate surface area is 160 Å². The Hall–Kier alpha value is -2.65. The van der Waals surface area contributed by atoms with E-state index in [4.69, 9.17) is 14.2 Å². The van der Waals surface area contributed by atoms with Gasteiger partial charge in [0, 0.05) is 26.4 Å². The minimum Gasteiger partial charge on any atom is -0.495 e. The third-order valence-corrected chi connectivity index (χ3v) is 5.08. The van der Waals surface area contributed by atoms with Crippen molar-refractivity contribution in [2.24, 2.45) is 12.0 Å². The molecule has 0 aliphatic carbocycles. The number of carbonyl (C=O) groups excluding carboxylic acids is 1. The van der Waals surface area contributed by atoms with Crippen molar-refractivity contribution in [1.29, 1.82) is 0 Å². The largest absolute Gasteiger partial charge is 0.495 e. The summed E-state index contributed by atoms with van der Waals surface area (Å²) in [4.78, 5) is 17.4. The molecule has 0 saturated heterocycles. The van der Waals surface area contributed by atoms with E-state index < -0.39 is 5.91 Å². The Morgan fingerprint density at radius 2 is 1.96 bits per heavy atom. The van der Waals surface area contributed by atoms with E-state index in [9.17, 15) is 4.79 Å². The Morgan fingerprint density at radius 1 is 1.22 bits per heavy atom. The fourth-order valence-corrected chi connectivity index (χ4v) is 3.88. The van der Waals surface area contributed by atoms with E-state index in [-0.39, 0.29) is 0 Å². The number of nitrogens with zero attached hydrogens (tertiary/aromatic N) is 4.